The average Bonchev–Trinajstić information content (AvgIpc) is 2.79. The Balaban J connectivity index is 1.88. The summed E-state index contributed by atoms with van der Waals surface area (Å²) in [6, 6.07) is 0. The maximum absolute atomic E-state index is 11.9. The van der Waals surface area contributed by atoms with Gasteiger partial charge in [-0.15, -0.1) is 0 Å². The van der Waals surface area contributed by atoms with Gasteiger partial charge in [0.2, 0.25) is 6.29 Å². The normalized spacial score (nSPS) is 28.4. The summed E-state index contributed by atoms with van der Waals surface area (Å²) in [6.45, 7) is 7.13. The van der Waals surface area contributed by atoms with Crippen LogP contribution in [0.2, 0.25) is 0 Å². The fraction of sp³-hybridized carbons (Fsp3) is 0.722. The highest BCUT2D eigenvalue weighted by Gasteiger charge is 2.55. The quantitative estimate of drug-likeness (QED) is 0.414. The second-order valence-electron chi connectivity index (χ2n) is 7.56. The fourth-order valence-electron chi connectivity index (χ4n) is 3.93. The van der Waals surface area contributed by atoms with Gasteiger partial charge in [-0.05, 0) is 31.6 Å². The lowest BCUT2D eigenvalue weighted by Gasteiger charge is -2.51. The molecule has 25 heavy (non-hydrogen) atoms. The van der Waals surface area contributed by atoms with Gasteiger partial charge in [0.05, 0.1) is 12.3 Å². The predicted octanol–water partition coefficient (Wildman–Crippen LogP) is 2.71. The van der Waals surface area contributed by atoms with E-state index in [0.717, 1.165) is 12.8 Å². The van der Waals surface area contributed by atoms with E-state index in [-0.39, 0.29) is 24.8 Å². The molecule has 0 aromatic carbocycles. The number of rotatable bonds is 7. The highest BCUT2D eigenvalue weighted by molar-refractivity contribution is 5.72. The summed E-state index contributed by atoms with van der Waals surface area (Å²) < 4.78 is 9.99. The second-order valence-corrected chi connectivity index (χ2v) is 7.56. The Kier molecular flexibility index (Phi) is 5.75. The van der Waals surface area contributed by atoms with Gasteiger partial charge in [-0.3, -0.25) is 9.59 Å². The lowest BCUT2D eigenvalue weighted by atomic mass is 9.53. The van der Waals surface area contributed by atoms with Gasteiger partial charge in [-0.25, -0.2) is 4.79 Å². The molecule has 7 heteroatoms. The van der Waals surface area contributed by atoms with Crippen molar-refractivity contribution in [1.82, 2.24) is 5.32 Å². The van der Waals surface area contributed by atoms with Crippen molar-refractivity contribution in [2.45, 2.75) is 53.2 Å². The largest absolute Gasteiger partial charge is 0.481 e. The number of carbonyl (C=O) groups excluding carboxylic acids is 2. The molecule has 0 bridgehead atoms. The van der Waals surface area contributed by atoms with Gasteiger partial charge >= 0.3 is 18.0 Å². The first-order valence-corrected chi connectivity index (χ1v) is 8.67. The number of carboxylic acids is 1. The molecule has 0 unspecified atom stereocenters. The number of hydrogen-bond acceptors (Lipinski definition) is 5. The number of amides is 1. The first-order valence-electron chi connectivity index (χ1n) is 8.67. The Morgan fingerprint density at radius 2 is 2.00 bits per heavy atom. The highest BCUT2D eigenvalue weighted by atomic mass is 16.7. The minimum absolute atomic E-state index is 0.0100. The van der Waals surface area contributed by atoms with Crippen molar-refractivity contribution in [2.24, 2.45) is 23.2 Å². The Bertz CT molecular complexity index is 584. The van der Waals surface area contributed by atoms with E-state index in [1.807, 2.05) is 0 Å². The summed E-state index contributed by atoms with van der Waals surface area (Å²) in [4.78, 5) is 34.7. The number of esters is 1. The molecule has 0 spiro atoms. The molecule has 2 aliphatic rings. The van der Waals surface area contributed by atoms with Gasteiger partial charge in [-0.1, -0.05) is 25.5 Å². The molecule has 0 heterocycles. The second kappa shape index (κ2) is 7.45. The van der Waals surface area contributed by atoms with Gasteiger partial charge < -0.3 is 19.9 Å². The van der Waals surface area contributed by atoms with E-state index in [4.69, 9.17) is 9.47 Å². The van der Waals surface area contributed by atoms with Crippen LogP contribution in [0.1, 0.15) is 47.0 Å². The molecule has 0 aliphatic heterocycles. The summed E-state index contributed by atoms with van der Waals surface area (Å²) in [7, 11) is 0. The number of aliphatic carboxylic acids is 1. The molecule has 0 radical (unpaired) electrons. The summed E-state index contributed by atoms with van der Waals surface area (Å²) in [6.07, 6.45) is 2.21. The third-order valence-electron chi connectivity index (χ3n) is 5.05. The van der Waals surface area contributed by atoms with E-state index in [0.29, 0.717) is 5.92 Å². The number of carboxylic acid groups (broad SMARTS) is 1. The average molecular weight is 353 g/mol. The number of fused-ring (bicyclic) bond motifs is 1. The van der Waals surface area contributed by atoms with Crippen molar-refractivity contribution in [3.63, 3.8) is 0 Å². The first kappa shape index (κ1) is 19.3. The van der Waals surface area contributed by atoms with Crippen LogP contribution in [0, 0.1) is 23.2 Å². The highest BCUT2D eigenvalue weighted by Crippen LogP contribution is 2.59. The van der Waals surface area contributed by atoms with E-state index < -0.39 is 29.7 Å². The molecule has 1 fully saturated rings. The lowest BCUT2D eigenvalue weighted by molar-refractivity contribution is -0.169. The third-order valence-corrected chi connectivity index (χ3v) is 5.05. The van der Waals surface area contributed by atoms with Crippen molar-refractivity contribution in [2.75, 3.05) is 6.54 Å². The van der Waals surface area contributed by atoms with Gasteiger partial charge in [-0.2, -0.15) is 0 Å². The molecule has 1 saturated carbocycles. The zero-order valence-corrected chi connectivity index (χ0v) is 15.2. The van der Waals surface area contributed by atoms with Crippen LogP contribution in [0.15, 0.2) is 11.6 Å². The van der Waals surface area contributed by atoms with Gasteiger partial charge in [0.25, 0.3) is 0 Å². The molecule has 4 atom stereocenters. The minimum atomic E-state index is -0.993. The zero-order chi connectivity index (χ0) is 18.8. The first-order chi connectivity index (χ1) is 11.6. The van der Waals surface area contributed by atoms with Crippen molar-refractivity contribution in [3.8, 4) is 0 Å². The van der Waals surface area contributed by atoms with Crippen LogP contribution in [0.3, 0.4) is 0 Å². The maximum atomic E-state index is 11.9. The summed E-state index contributed by atoms with van der Waals surface area (Å²) in [5.74, 6) is -0.970. The number of ether oxygens (including phenoxy) is 2. The molecular weight excluding hydrogens is 326 g/mol. The van der Waals surface area contributed by atoms with Crippen LogP contribution in [0.4, 0.5) is 4.79 Å². The van der Waals surface area contributed by atoms with Crippen LogP contribution in [-0.4, -0.2) is 36.0 Å². The smallest absolute Gasteiger partial charge is 0.410 e. The van der Waals surface area contributed by atoms with Crippen LogP contribution in [-0.2, 0) is 19.1 Å². The summed E-state index contributed by atoms with van der Waals surface area (Å²) in [5, 5.41) is 11.9. The van der Waals surface area contributed by atoms with Crippen LogP contribution < -0.4 is 5.32 Å². The SMILES string of the molecule is CC1=C[C@@H]2[C@H](C1)C[C@]2(CNC(=O)O[C@H](C)OC(=O)C(C)C)CC(=O)O. The number of alkyl carbamates (subject to hydrolysis) is 1. The van der Waals surface area contributed by atoms with Crippen molar-refractivity contribution in [3.05, 3.63) is 11.6 Å². The predicted molar refractivity (Wildman–Crippen MR) is 89.5 cm³/mol. The topological polar surface area (TPSA) is 102 Å². The van der Waals surface area contributed by atoms with E-state index in [1.54, 1.807) is 13.8 Å². The monoisotopic (exact) mass is 353 g/mol. The molecule has 140 valence electrons. The molecule has 1 amide bonds. The van der Waals surface area contributed by atoms with Crippen molar-refractivity contribution < 1.29 is 29.0 Å². The van der Waals surface area contributed by atoms with Crippen LogP contribution in [0.25, 0.3) is 0 Å². The number of nitrogens with one attached hydrogen (secondary N) is 1. The van der Waals surface area contributed by atoms with Gasteiger partial charge in [0, 0.05) is 18.9 Å². The number of carbonyl (C=O) groups is 3. The van der Waals surface area contributed by atoms with E-state index in [2.05, 4.69) is 18.3 Å². The third kappa shape index (κ3) is 4.52. The molecule has 2 rings (SSSR count). The Hall–Kier alpha value is -2.05. The van der Waals surface area contributed by atoms with E-state index >= 15 is 0 Å². The van der Waals surface area contributed by atoms with Crippen LogP contribution in [0.5, 0.6) is 0 Å². The van der Waals surface area contributed by atoms with Gasteiger partial charge in [0.1, 0.15) is 0 Å². The van der Waals surface area contributed by atoms with Crippen molar-refractivity contribution >= 4 is 18.0 Å². The molecule has 0 saturated heterocycles. The standard InChI is InChI=1S/C18H27NO6/c1-10(2)16(22)24-12(4)25-17(23)19-9-18(8-15(20)21)7-13-5-11(3)6-14(13)18/h6,10,12-14H,5,7-9H2,1-4H3,(H,19,23)(H,20,21)/t12-,13-,14-,18-/m1/s1. The molecule has 2 N–H and O–H groups in total. The Morgan fingerprint density at radius 3 is 2.56 bits per heavy atom. The lowest BCUT2D eigenvalue weighted by Crippen LogP contribution is -2.53. The van der Waals surface area contributed by atoms with Crippen molar-refractivity contribution in [1.29, 1.82) is 0 Å². The zero-order valence-electron chi connectivity index (χ0n) is 15.2. The molecular formula is C18H27NO6. The van der Waals surface area contributed by atoms with Gasteiger partial charge in [0.15, 0.2) is 0 Å². The fourth-order valence-corrected chi connectivity index (χ4v) is 3.93. The maximum Gasteiger partial charge on any atom is 0.410 e. The summed E-state index contributed by atoms with van der Waals surface area (Å²) >= 11 is 0. The van der Waals surface area contributed by atoms with E-state index in [1.165, 1.54) is 12.5 Å². The van der Waals surface area contributed by atoms with Crippen LogP contribution >= 0.6 is 0 Å². The molecule has 0 aromatic heterocycles. The number of hydrogen-bond donors (Lipinski definition) is 2. The molecule has 0 aromatic rings. The molecule has 7 nitrogen and oxygen atoms in total. The minimum Gasteiger partial charge on any atom is -0.481 e. The summed E-state index contributed by atoms with van der Waals surface area (Å²) in [5.41, 5.74) is 0.810. The number of allylic oxidation sites excluding steroid dienone is 2. The Morgan fingerprint density at radius 1 is 1.32 bits per heavy atom. The Labute approximate surface area is 147 Å². The molecule has 2 aliphatic carbocycles. The van der Waals surface area contributed by atoms with E-state index in [9.17, 15) is 19.5 Å².